The number of nitrogens with zero attached hydrogens (tertiary/aromatic N) is 1. The van der Waals surface area contributed by atoms with E-state index in [-0.39, 0.29) is 5.91 Å². The van der Waals surface area contributed by atoms with Crippen molar-refractivity contribution in [2.24, 2.45) is 11.8 Å². The van der Waals surface area contributed by atoms with Crippen molar-refractivity contribution in [3.05, 3.63) is 0 Å². The van der Waals surface area contributed by atoms with E-state index in [1.165, 1.54) is 32.4 Å². The normalized spacial score (nSPS) is 24.1. The van der Waals surface area contributed by atoms with Crippen molar-refractivity contribution in [3.63, 3.8) is 0 Å². The Kier molecular flexibility index (Phi) is 5.64. The van der Waals surface area contributed by atoms with E-state index in [1.807, 2.05) is 0 Å². The first-order valence-corrected chi connectivity index (χ1v) is 7.86. The number of carbonyl (C=O) groups is 1. The third-order valence-electron chi connectivity index (χ3n) is 4.14. The van der Waals surface area contributed by atoms with E-state index in [0.717, 1.165) is 31.5 Å². The van der Waals surface area contributed by atoms with Crippen molar-refractivity contribution in [1.82, 2.24) is 15.5 Å². The van der Waals surface area contributed by atoms with Crippen LogP contribution in [0.25, 0.3) is 0 Å². The lowest BCUT2D eigenvalue weighted by Crippen LogP contribution is -2.37. The smallest absolute Gasteiger partial charge is 0.233 e. The Balaban J connectivity index is 1.48. The molecule has 1 heterocycles. The monoisotopic (exact) mass is 267 g/mol. The molecular weight excluding hydrogens is 238 g/mol. The first-order valence-electron chi connectivity index (χ1n) is 7.86. The first-order chi connectivity index (χ1) is 9.15. The second-order valence-electron chi connectivity index (χ2n) is 6.54. The van der Waals surface area contributed by atoms with Crippen LogP contribution in [0.4, 0.5) is 0 Å². The highest BCUT2D eigenvalue weighted by Crippen LogP contribution is 2.31. The number of likely N-dealkylation sites (tertiary alicyclic amines) is 1. The Labute approximate surface area is 117 Å². The molecule has 2 aliphatic rings. The standard InChI is InChI=1S/C15H29N3O/c1-12(2)5-7-17-15(19)10-16-9-13-6-8-18(11-13)14-3-4-14/h12-14,16H,3-11H2,1-2H3,(H,17,19). The molecule has 0 radical (unpaired) electrons. The summed E-state index contributed by atoms with van der Waals surface area (Å²) in [6, 6.07) is 0.893. The predicted molar refractivity (Wildman–Crippen MR) is 78.0 cm³/mol. The summed E-state index contributed by atoms with van der Waals surface area (Å²) in [5, 5.41) is 6.27. The Morgan fingerprint density at radius 3 is 2.79 bits per heavy atom. The van der Waals surface area contributed by atoms with Gasteiger partial charge >= 0.3 is 0 Å². The van der Waals surface area contributed by atoms with Crippen LogP contribution in [0.3, 0.4) is 0 Å². The zero-order chi connectivity index (χ0) is 13.7. The van der Waals surface area contributed by atoms with Gasteiger partial charge in [0.2, 0.25) is 5.91 Å². The third-order valence-corrected chi connectivity index (χ3v) is 4.14. The molecule has 2 fully saturated rings. The number of hydrogen-bond acceptors (Lipinski definition) is 3. The van der Waals surface area contributed by atoms with Gasteiger partial charge in [0, 0.05) is 19.1 Å². The lowest BCUT2D eigenvalue weighted by atomic mass is 10.1. The van der Waals surface area contributed by atoms with Crippen LogP contribution in [-0.2, 0) is 4.79 Å². The van der Waals surface area contributed by atoms with Crippen molar-refractivity contribution >= 4 is 5.91 Å². The van der Waals surface area contributed by atoms with Gasteiger partial charge in [-0.05, 0) is 50.6 Å². The lowest BCUT2D eigenvalue weighted by molar-refractivity contribution is -0.120. The van der Waals surface area contributed by atoms with Gasteiger partial charge in [0.1, 0.15) is 0 Å². The Morgan fingerprint density at radius 1 is 1.32 bits per heavy atom. The maximum Gasteiger partial charge on any atom is 0.233 e. The molecule has 4 nitrogen and oxygen atoms in total. The quantitative estimate of drug-likeness (QED) is 0.695. The zero-order valence-corrected chi connectivity index (χ0v) is 12.5. The Hall–Kier alpha value is -0.610. The molecule has 1 saturated heterocycles. The van der Waals surface area contributed by atoms with Crippen molar-refractivity contribution in [2.45, 2.75) is 45.6 Å². The average molecular weight is 267 g/mol. The van der Waals surface area contributed by atoms with Crippen LogP contribution in [0, 0.1) is 11.8 Å². The molecule has 0 aromatic heterocycles. The fourth-order valence-electron chi connectivity index (χ4n) is 2.75. The minimum Gasteiger partial charge on any atom is -0.355 e. The maximum absolute atomic E-state index is 11.6. The second kappa shape index (κ2) is 7.25. The van der Waals surface area contributed by atoms with Crippen LogP contribution in [0.1, 0.15) is 39.5 Å². The van der Waals surface area contributed by atoms with Crippen molar-refractivity contribution in [3.8, 4) is 0 Å². The fraction of sp³-hybridized carbons (Fsp3) is 0.933. The topological polar surface area (TPSA) is 44.4 Å². The summed E-state index contributed by atoms with van der Waals surface area (Å²) in [5.74, 6) is 1.53. The number of carbonyl (C=O) groups excluding carboxylic acids is 1. The highest BCUT2D eigenvalue weighted by molar-refractivity contribution is 5.77. The van der Waals surface area contributed by atoms with Crippen molar-refractivity contribution in [2.75, 3.05) is 32.7 Å². The second-order valence-corrected chi connectivity index (χ2v) is 6.54. The Bertz CT molecular complexity index is 289. The molecule has 19 heavy (non-hydrogen) atoms. The van der Waals surface area contributed by atoms with Gasteiger partial charge in [-0.1, -0.05) is 13.8 Å². The summed E-state index contributed by atoms with van der Waals surface area (Å²) in [4.78, 5) is 14.2. The van der Waals surface area contributed by atoms with Gasteiger partial charge in [-0.3, -0.25) is 4.79 Å². The van der Waals surface area contributed by atoms with Crippen LogP contribution < -0.4 is 10.6 Å². The Morgan fingerprint density at radius 2 is 2.11 bits per heavy atom. The zero-order valence-electron chi connectivity index (χ0n) is 12.5. The summed E-state index contributed by atoms with van der Waals surface area (Å²) in [5.41, 5.74) is 0. The first kappa shape index (κ1) is 14.8. The molecule has 4 heteroatoms. The van der Waals surface area contributed by atoms with Gasteiger partial charge in [0.05, 0.1) is 6.54 Å². The minimum absolute atomic E-state index is 0.137. The number of nitrogens with one attached hydrogen (secondary N) is 2. The summed E-state index contributed by atoms with van der Waals surface area (Å²) in [7, 11) is 0. The van der Waals surface area contributed by atoms with Gasteiger partial charge in [0.15, 0.2) is 0 Å². The molecule has 0 bridgehead atoms. The van der Waals surface area contributed by atoms with Gasteiger partial charge in [0.25, 0.3) is 0 Å². The molecule has 1 atom stereocenters. The molecule has 0 aromatic rings. The van der Waals surface area contributed by atoms with E-state index < -0.39 is 0 Å². The molecule has 0 spiro atoms. The number of rotatable bonds is 8. The molecular formula is C15H29N3O. The average Bonchev–Trinajstić information content (AvgIpc) is 3.10. The molecule has 2 N–H and O–H groups in total. The highest BCUT2D eigenvalue weighted by Gasteiger charge is 2.33. The molecule has 1 aliphatic heterocycles. The number of hydrogen-bond donors (Lipinski definition) is 2. The molecule has 2 rings (SSSR count). The van der Waals surface area contributed by atoms with Gasteiger partial charge in [-0.25, -0.2) is 0 Å². The summed E-state index contributed by atoms with van der Waals surface area (Å²) >= 11 is 0. The SMILES string of the molecule is CC(C)CCNC(=O)CNCC1CCN(C2CC2)C1. The van der Waals surface area contributed by atoms with E-state index in [4.69, 9.17) is 0 Å². The number of amides is 1. The van der Waals surface area contributed by atoms with Crippen molar-refractivity contribution < 1.29 is 4.79 Å². The van der Waals surface area contributed by atoms with Gasteiger partial charge < -0.3 is 15.5 Å². The molecule has 110 valence electrons. The van der Waals surface area contributed by atoms with E-state index in [0.29, 0.717) is 12.5 Å². The van der Waals surface area contributed by atoms with E-state index in [9.17, 15) is 4.79 Å². The van der Waals surface area contributed by atoms with E-state index in [1.54, 1.807) is 0 Å². The molecule has 1 amide bonds. The molecule has 0 aromatic carbocycles. The molecule has 1 unspecified atom stereocenters. The highest BCUT2D eigenvalue weighted by atomic mass is 16.1. The van der Waals surface area contributed by atoms with Crippen molar-refractivity contribution in [1.29, 1.82) is 0 Å². The summed E-state index contributed by atoms with van der Waals surface area (Å²) < 4.78 is 0. The van der Waals surface area contributed by atoms with Crippen LogP contribution in [-0.4, -0.2) is 49.6 Å². The fourth-order valence-corrected chi connectivity index (χ4v) is 2.75. The lowest BCUT2D eigenvalue weighted by Gasteiger charge is -2.15. The van der Waals surface area contributed by atoms with E-state index in [2.05, 4.69) is 29.4 Å². The van der Waals surface area contributed by atoms with Crippen LogP contribution in [0.5, 0.6) is 0 Å². The molecule has 1 aliphatic carbocycles. The van der Waals surface area contributed by atoms with Gasteiger partial charge in [-0.2, -0.15) is 0 Å². The van der Waals surface area contributed by atoms with Crippen LogP contribution in [0.2, 0.25) is 0 Å². The van der Waals surface area contributed by atoms with Gasteiger partial charge in [-0.15, -0.1) is 0 Å². The third kappa shape index (κ3) is 5.49. The van der Waals surface area contributed by atoms with Crippen LogP contribution >= 0.6 is 0 Å². The maximum atomic E-state index is 11.6. The summed E-state index contributed by atoms with van der Waals surface area (Å²) in [6.07, 6.45) is 5.15. The molecule has 1 saturated carbocycles. The predicted octanol–water partition coefficient (Wildman–Crippen LogP) is 1.22. The largest absolute Gasteiger partial charge is 0.355 e. The van der Waals surface area contributed by atoms with E-state index >= 15 is 0 Å². The summed E-state index contributed by atoms with van der Waals surface area (Å²) in [6.45, 7) is 9.10. The van der Waals surface area contributed by atoms with Crippen LogP contribution in [0.15, 0.2) is 0 Å². The minimum atomic E-state index is 0.137.